The third kappa shape index (κ3) is 5.31. The Balaban J connectivity index is 1.61. The number of nitrogens with two attached hydrogens (primary N) is 2. The summed E-state index contributed by atoms with van der Waals surface area (Å²) in [6, 6.07) is 13.6. The van der Waals surface area contributed by atoms with E-state index in [2.05, 4.69) is 10.6 Å². The number of hydrogen-bond donors (Lipinski definition) is 4. The fraction of sp³-hybridized carbons (Fsp3) is 0.222. The van der Waals surface area contributed by atoms with Gasteiger partial charge in [-0.1, -0.05) is 0 Å². The lowest BCUT2D eigenvalue weighted by Gasteiger charge is -2.07. The molecule has 2 amide bonds. The molecule has 2 aromatic carbocycles. The average Bonchev–Trinajstić information content (AvgIpc) is 2.58. The van der Waals surface area contributed by atoms with E-state index in [1.54, 1.807) is 48.5 Å². The van der Waals surface area contributed by atoms with Crippen molar-refractivity contribution >= 4 is 23.2 Å². The predicted molar refractivity (Wildman–Crippen MR) is 95.6 cm³/mol. The normalized spacial score (nSPS) is 10.2. The Kier molecular flexibility index (Phi) is 6.19. The molecule has 2 rings (SSSR count). The van der Waals surface area contributed by atoms with Crippen molar-refractivity contribution in [2.45, 2.75) is 12.8 Å². The highest BCUT2D eigenvalue weighted by molar-refractivity contribution is 5.95. The van der Waals surface area contributed by atoms with Crippen molar-refractivity contribution in [3.8, 4) is 0 Å². The fourth-order valence-electron chi connectivity index (χ4n) is 2.13. The molecule has 0 aliphatic carbocycles. The third-order valence-corrected chi connectivity index (χ3v) is 3.52. The highest BCUT2D eigenvalue weighted by Gasteiger charge is 2.05. The number of carbonyl (C=O) groups excluding carboxylic acids is 2. The molecule has 2 aromatic rings. The molecule has 0 saturated heterocycles. The summed E-state index contributed by atoms with van der Waals surface area (Å²) in [6.45, 7) is 1.11. The molecule has 6 heteroatoms. The molecule has 126 valence electrons. The summed E-state index contributed by atoms with van der Waals surface area (Å²) in [7, 11) is 0. The van der Waals surface area contributed by atoms with Gasteiger partial charge in [0.2, 0.25) is 0 Å². The van der Waals surface area contributed by atoms with Crippen LogP contribution in [0.3, 0.4) is 0 Å². The summed E-state index contributed by atoms with van der Waals surface area (Å²) in [5, 5.41) is 5.68. The molecule has 0 saturated carbocycles. The number of nitrogen functional groups attached to an aromatic ring is 2. The Morgan fingerprint density at radius 3 is 1.33 bits per heavy atom. The lowest BCUT2D eigenvalue weighted by atomic mass is 10.2. The van der Waals surface area contributed by atoms with Gasteiger partial charge >= 0.3 is 0 Å². The number of carbonyl (C=O) groups is 2. The summed E-state index contributed by atoms with van der Waals surface area (Å²) in [5.74, 6) is -0.248. The largest absolute Gasteiger partial charge is 0.399 e. The van der Waals surface area contributed by atoms with Crippen molar-refractivity contribution in [2.75, 3.05) is 24.6 Å². The lowest BCUT2D eigenvalue weighted by Crippen LogP contribution is -2.27. The average molecular weight is 326 g/mol. The van der Waals surface area contributed by atoms with Gasteiger partial charge in [-0.25, -0.2) is 0 Å². The second-order valence-corrected chi connectivity index (χ2v) is 5.46. The van der Waals surface area contributed by atoms with Gasteiger partial charge in [-0.05, 0) is 61.4 Å². The molecule has 0 heterocycles. The summed E-state index contributed by atoms with van der Waals surface area (Å²) >= 11 is 0. The smallest absolute Gasteiger partial charge is 0.251 e. The van der Waals surface area contributed by atoms with Crippen LogP contribution < -0.4 is 22.1 Å². The summed E-state index contributed by atoms with van der Waals surface area (Å²) in [5.41, 5.74) is 13.6. The number of anilines is 2. The monoisotopic (exact) mass is 326 g/mol. The van der Waals surface area contributed by atoms with Crippen molar-refractivity contribution in [3.05, 3.63) is 59.7 Å². The lowest BCUT2D eigenvalue weighted by molar-refractivity contribution is 0.0939. The zero-order chi connectivity index (χ0) is 17.4. The van der Waals surface area contributed by atoms with Gasteiger partial charge in [0.25, 0.3) is 11.8 Å². The summed E-state index contributed by atoms with van der Waals surface area (Å²) < 4.78 is 0. The number of amides is 2. The number of nitrogens with one attached hydrogen (secondary N) is 2. The van der Waals surface area contributed by atoms with Crippen LogP contribution in [0.4, 0.5) is 11.4 Å². The molecule has 0 fully saturated rings. The Morgan fingerprint density at radius 1 is 0.667 bits per heavy atom. The second-order valence-electron chi connectivity index (χ2n) is 5.46. The van der Waals surface area contributed by atoms with Gasteiger partial charge in [0.15, 0.2) is 0 Å². The van der Waals surface area contributed by atoms with Gasteiger partial charge in [-0.2, -0.15) is 0 Å². The van der Waals surface area contributed by atoms with E-state index in [0.29, 0.717) is 35.6 Å². The highest BCUT2D eigenvalue weighted by Crippen LogP contribution is 2.06. The summed E-state index contributed by atoms with van der Waals surface area (Å²) in [6.07, 6.45) is 1.56. The van der Waals surface area contributed by atoms with Crippen LogP contribution in [0.25, 0.3) is 0 Å². The third-order valence-electron chi connectivity index (χ3n) is 3.52. The molecule has 6 nitrogen and oxygen atoms in total. The quantitative estimate of drug-likeness (QED) is 0.459. The molecule has 0 bridgehead atoms. The van der Waals surface area contributed by atoms with E-state index in [1.165, 1.54) is 0 Å². The molecular weight excluding hydrogens is 304 g/mol. The SMILES string of the molecule is Nc1ccc(C(=O)NCCCCNC(=O)c2ccc(N)cc2)cc1. The van der Waals surface area contributed by atoms with Crippen LogP contribution in [0.2, 0.25) is 0 Å². The van der Waals surface area contributed by atoms with Crippen LogP contribution in [0.5, 0.6) is 0 Å². The number of hydrogen-bond acceptors (Lipinski definition) is 4. The van der Waals surface area contributed by atoms with Crippen molar-refractivity contribution in [1.82, 2.24) is 10.6 Å². The van der Waals surface area contributed by atoms with Gasteiger partial charge in [-0.3, -0.25) is 9.59 Å². The van der Waals surface area contributed by atoms with E-state index in [-0.39, 0.29) is 11.8 Å². The second kappa shape index (κ2) is 8.57. The van der Waals surface area contributed by atoms with Gasteiger partial charge < -0.3 is 22.1 Å². The van der Waals surface area contributed by atoms with E-state index >= 15 is 0 Å². The predicted octanol–water partition coefficient (Wildman–Crippen LogP) is 1.79. The van der Waals surface area contributed by atoms with Crippen LogP contribution in [-0.4, -0.2) is 24.9 Å². The highest BCUT2D eigenvalue weighted by atomic mass is 16.2. The maximum Gasteiger partial charge on any atom is 0.251 e. The van der Waals surface area contributed by atoms with Crippen LogP contribution in [0.1, 0.15) is 33.6 Å². The van der Waals surface area contributed by atoms with Gasteiger partial charge in [-0.15, -0.1) is 0 Å². The minimum absolute atomic E-state index is 0.124. The minimum Gasteiger partial charge on any atom is -0.399 e. The van der Waals surface area contributed by atoms with Gasteiger partial charge in [0.1, 0.15) is 0 Å². The molecule has 6 N–H and O–H groups in total. The number of rotatable bonds is 7. The van der Waals surface area contributed by atoms with Gasteiger partial charge in [0.05, 0.1) is 0 Å². The van der Waals surface area contributed by atoms with Gasteiger partial charge in [0, 0.05) is 35.6 Å². The van der Waals surface area contributed by atoms with E-state index in [9.17, 15) is 9.59 Å². The zero-order valence-electron chi connectivity index (χ0n) is 13.4. The van der Waals surface area contributed by atoms with Crippen LogP contribution in [0, 0.1) is 0 Å². The molecule has 0 unspecified atom stereocenters. The van der Waals surface area contributed by atoms with Crippen LogP contribution in [0.15, 0.2) is 48.5 Å². The Labute approximate surface area is 141 Å². The fourth-order valence-corrected chi connectivity index (χ4v) is 2.13. The van der Waals surface area contributed by atoms with Crippen molar-refractivity contribution < 1.29 is 9.59 Å². The van der Waals surface area contributed by atoms with Crippen LogP contribution in [-0.2, 0) is 0 Å². The van der Waals surface area contributed by atoms with Crippen molar-refractivity contribution in [2.24, 2.45) is 0 Å². The van der Waals surface area contributed by atoms with Crippen LogP contribution >= 0.6 is 0 Å². The first kappa shape index (κ1) is 17.3. The number of unbranched alkanes of at least 4 members (excludes halogenated alkanes) is 1. The molecule has 0 atom stereocenters. The molecular formula is C18H22N4O2. The molecule has 24 heavy (non-hydrogen) atoms. The summed E-state index contributed by atoms with van der Waals surface area (Å²) in [4.78, 5) is 23.8. The van der Waals surface area contributed by atoms with E-state index in [1.807, 2.05) is 0 Å². The van der Waals surface area contributed by atoms with E-state index in [0.717, 1.165) is 12.8 Å². The molecule has 0 spiro atoms. The zero-order valence-corrected chi connectivity index (χ0v) is 13.4. The minimum atomic E-state index is -0.124. The maximum absolute atomic E-state index is 11.9. The van der Waals surface area contributed by atoms with E-state index < -0.39 is 0 Å². The Hall–Kier alpha value is -3.02. The van der Waals surface area contributed by atoms with E-state index in [4.69, 9.17) is 11.5 Å². The maximum atomic E-state index is 11.9. The Morgan fingerprint density at radius 2 is 1.00 bits per heavy atom. The molecule has 0 aromatic heterocycles. The standard InChI is InChI=1S/C18H22N4O2/c19-15-7-3-13(4-8-15)17(23)21-11-1-2-12-22-18(24)14-5-9-16(20)10-6-14/h3-10H,1-2,11-12,19-20H2,(H,21,23)(H,22,24). The number of benzene rings is 2. The first-order valence-electron chi connectivity index (χ1n) is 7.84. The first-order chi connectivity index (χ1) is 11.6. The molecule has 0 radical (unpaired) electrons. The van der Waals surface area contributed by atoms with Crippen molar-refractivity contribution in [1.29, 1.82) is 0 Å². The Bertz CT molecular complexity index is 620. The van der Waals surface area contributed by atoms with Crippen molar-refractivity contribution in [3.63, 3.8) is 0 Å². The molecule has 0 aliphatic rings. The molecule has 0 aliphatic heterocycles. The first-order valence-corrected chi connectivity index (χ1v) is 7.84. The topological polar surface area (TPSA) is 110 Å².